The molecule has 0 radical (unpaired) electrons. The van der Waals surface area contributed by atoms with Crippen LogP contribution >= 0.6 is 24.0 Å². The predicted molar refractivity (Wildman–Crippen MR) is 115 cm³/mol. The van der Waals surface area contributed by atoms with Gasteiger partial charge in [0.15, 0.2) is 5.96 Å². The van der Waals surface area contributed by atoms with Gasteiger partial charge in [0.25, 0.3) is 0 Å². The van der Waals surface area contributed by atoms with Crippen LogP contribution in [0.5, 0.6) is 0 Å². The fourth-order valence-electron chi connectivity index (χ4n) is 2.39. The molecule has 0 atom stereocenters. The van der Waals surface area contributed by atoms with Crippen molar-refractivity contribution in [1.82, 2.24) is 25.2 Å². The van der Waals surface area contributed by atoms with Gasteiger partial charge >= 0.3 is 0 Å². The molecule has 0 fully saturated rings. The van der Waals surface area contributed by atoms with E-state index < -0.39 is 0 Å². The number of halogens is 2. The molecular formula is C19H22FIN6. The first-order valence-corrected chi connectivity index (χ1v) is 8.45. The van der Waals surface area contributed by atoms with E-state index in [-0.39, 0.29) is 29.8 Å². The molecule has 0 spiro atoms. The Balaban J connectivity index is 0.00000261. The SMILES string of the molecule is CCNC(=NCc1ccc(-n2ccnc2)nc1)NCc1ccccc1F.I. The fraction of sp³-hybridized carbons (Fsp3) is 0.211. The summed E-state index contributed by atoms with van der Waals surface area (Å²) in [7, 11) is 0. The van der Waals surface area contributed by atoms with Gasteiger partial charge < -0.3 is 10.6 Å². The zero-order chi connectivity index (χ0) is 18.2. The topological polar surface area (TPSA) is 67.1 Å². The molecule has 0 unspecified atom stereocenters. The molecular weight excluding hydrogens is 458 g/mol. The first kappa shape index (κ1) is 20.8. The maximum absolute atomic E-state index is 13.7. The Morgan fingerprint density at radius 3 is 2.70 bits per heavy atom. The molecule has 0 aliphatic carbocycles. The highest BCUT2D eigenvalue weighted by atomic mass is 127. The highest BCUT2D eigenvalue weighted by Crippen LogP contribution is 2.07. The summed E-state index contributed by atoms with van der Waals surface area (Å²) in [6.45, 7) is 3.56. The third-order valence-corrected chi connectivity index (χ3v) is 3.75. The number of imidazole rings is 1. The van der Waals surface area contributed by atoms with Crippen molar-refractivity contribution in [3.63, 3.8) is 0 Å². The highest BCUT2D eigenvalue weighted by molar-refractivity contribution is 14.0. The normalized spacial score (nSPS) is 11.0. The van der Waals surface area contributed by atoms with E-state index in [2.05, 4.69) is 25.6 Å². The molecule has 2 N–H and O–H groups in total. The van der Waals surface area contributed by atoms with E-state index in [1.807, 2.05) is 35.9 Å². The van der Waals surface area contributed by atoms with Crippen LogP contribution in [0.1, 0.15) is 18.1 Å². The molecule has 2 aromatic heterocycles. The van der Waals surface area contributed by atoms with Crippen LogP contribution < -0.4 is 10.6 Å². The van der Waals surface area contributed by atoms with Gasteiger partial charge in [0, 0.05) is 37.2 Å². The van der Waals surface area contributed by atoms with Crippen molar-refractivity contribution in [3.8, 4) is 5.82 Å². The number of hydrogen-bond donors (Lipinski definition) is 2. The molecule has 0 saturated carbocycles. The second-order valence-corrected chi connectivity index (χ2v) is 5.63. The lowest BCUT2D eigenvalue weighted by Crippen LogP contribution is -2.37. The van der Waals surface area contributed by atoms with Gasteiger partial charge in [-0.25, -0.2) is 19.4 Å². The van der Waals surface area contributed by atoms with Gasteiger partial charge in [0.05, 0.1) is 6.54 Å². The molecule has 0 aliphatic heterocycles. The summed E-state index contributed by atoms with van der Waals surface area (Å²) >= 11 is 0. The maximum Gasteiger partial charge on any atom is 0.191 e. The fourth-order valence-corrected chi connectivity index (χ4v) is 2.39. The lowest BCUT2D eigenvalue weighted by molar-refractivity contribution is 0.604. The minimum Gasteiger partial charge on any atom is -0.357 e. The second-order valence-electron chi connectivity index (χ2n) is 5.63. The van der Waals surface area contributed by atoms with Crippen LogP contribution in [-0.2, 0) is 13.1 Å². The molecule has 0 bridgehead atoms. The van der Waals surface area contributed by atoms with Crippen molar-refractivity contribution in [3.05, 3.63) is 78.3 Å². The minimum absolute atomic E-state index is 0. The molecule has 6 nitrogen and oxygen atoms in total. The number of rotatable bonds is 6. The van der Waals surface area contributed by atoms with Crippen LogP contribution in [-0.4, -0.2) is 27.0 Å². The van der Waals surface area contributed by atoms with Crippen LogP contribution in [0.3, 0.4) is 0 Å². The van der Waals surface area contributed by atoms with E-state index in [1.165, 1.54) is 6.07 Å². The summed E-state index contributed by atoms with van der Waals surface area (Å²) in [6.07, 6.45) is 7.05. The number of nitrogens with one attached hydrogen (secondary N) is 2. The van der Waals surface area contributed by atoms with Gasteiger partial charge in [-0.1, -0.05) is 24.3 Å². The number of pyridine rings is 1. The van der Waals surface area contributed by atoms with E-state index in [4.69, 9.17) is 0 Å². The van der Waals surface area contributed by atoms with Gasteiger partial charge in [0.2, 0.25) is 0 Å². The Kier molecular flexibility index (Phi) is 8.18. The number of hydrogen-bond acceptors (Lipinski definition) is 3. The molecule has 0 saturated heterocycles. The van der Waals surface area contributed by atoms with E-state index in [9.17, 15) is 4.39 Å². The van der Waals surface area contributed by atoms with Gasteiger partial charge in [-0.2, -0.15) is 0 Å². The molecule has 142 valence electrons. The van der Waals surface area contributed by atoms with Crippen LogP contribution in [0.4, 0.5) is 4.39 Å². The van der Waals surface area contributed by atoms with E-state index in [0.717, 1.165) is 17.9 Å². The Labute approximate surface area is 175 Å². The lowest BCUT2D eigenvalue weighted by Gasteiger charge is -2.12. The Morgan fingerprint density at radius 2 is 2.04 bits per heavy atom. The average Bonchev–Trinajstić information content (AvgIpc) is 3.20. The average molecular weight is 480 g/mol. The van der Waals surface area contributed by atoms with Crippen LogP contribution in [0.25, 0.3) is 5.82 Å². The van der Waals surface area contributed by atoms with Crippen LogP contribution in [0.15, 0.2) is 66.3 Å². The van der Waals surface area contributed by atoms with Crippen molar-refractivity contribution in [2.45, 2.75) is 20.0 Å². The molecule has 8 heteroatoms. The van der Waals surface area contributed by atoms with Gasteiger partial charge in [-0.3, -0.25) is 4.57 Å². The van der Waals surface area contributed by atoms with Gasteiger partial charge in [-0.15, -0.1) is 24.0 Å². The monoisotopic (exact) mass is 480 g/mol. The smallest absolute Gasteiger partial charge is 0.191 e. The quantitative estimate of drug-likeness (QED) is 0.323. The predicted octanol–water partition coefficient (Wildman–Crippen LogP) is 3.28. The molecule has 3 aromatic rings. The second kappa shape index (κ2) is 10.6. The van der Waals surface area contributed by atoms with Crippen molar-refractivity contribution >= 4 is 29.9 Å². The van der Waals surface area contributed by atoms with Crippen LogP contribution in [0, 0.1) is 5.82 Å². The first-order valence-electron chi connectivity index (χ1n) is 8.45. The molecule has 3 rings (SSSR count). The third-order valence-electron chi connectivity index (χ3n) is 3.75. The number of guanidine groups is 1. The van der Waals surface area contributed by atoms with E-state index in [0.29, 0.717) is 24.6 Å². The maximum atomic E-state index is 13.7. The number of aliphatic imine (C=N–C) groups is 1. The van der Waals surface area contributed by atoms with Gasteiger partial charge in [-0.05, 0) is 24.6 Å². The molecule has 0 aliphatic rings. The van der Waals surface area contributed by atoms with Crippen LogP contribution in [0.2, 0.25) is 0 Å². The minimum atomic E-state index is -0.227. The summed E-state index contributed by atoms with van der Waals surface area (Å²) in [6, 6.07) is 10.6. The van der Waals surface area contributed by atoms with Crippen molar-refractivity contribution < 1.29 is 4.39 Å². The zero-order valence-electron chi connectivity index (χ0n) is 15.0. The van der Waals surface area contributed by atoms with Gasteiger partial charge in [0.1, 0.15) is 18.0 Å². The summed E-state index contributed by atoms with van der Waals surface area (Å²) in [5.74, 6) is 1.21. The largest absolute Gasteiger partial charge is 0.357 e. The Bertz CT molecular complexity index is 849. The van der Waals surface area contributed by atoms with Crippen molar-refractivity contribution in [1.29, 1.82) is 0 Å². The van der Waals surface area contributed by atoms with Crippen molar-refractivity contribution in [2.24, 2.45) is 4.99 Å². The summed E-state index contributed by atoms with van der Waals surface area (Å²) < 4.78 is 15.6. The summed E-state index contributed by atoms with van der Waals surface area (Å²) in [5, 5.41) is 6.31. The number of nitrogens with zero attached hydrogens (tertiary/aromatic N) is 4. The molecule has 1 aromatic carbocycles. The molecule has 0 amide bonds. The number of benzene rings is 1. The summed E-state index contributed by atoms with van der Waals surface area (Å²) in [5.41, 5.74) is 1.58. The lowest BCUT2D eigenvalue weighted by atomic mass is 10.2. The highest BCUT2D eigenvalue weighted by Gasteiger charge is 2.03. The standard InChI is InChI=1S/C19H21FN6.HI/c1-2-22-19(25-13-16-5-3-4-6-17(16)20)24-12-15-7-8-18(23-11-15)26-10-9-21-14-26;/h3-11,14H,2,12-13H2,1H3,(H2,22,24,25);1H. The number of aromatic nitrogens is 3. The molecule has 2 heterocycles. The van der Waals surface area contributed by atoms with E-state index in [1.54, 1.807) is 30.9 Å². The summed E-state index contributed by atoms with van der Waals surface area (Å²) in [4.78, 5) is 13.0. The van der Waals surface area contributed by atoms with Crippen molar-refractivity contribution in [2.75, 3.05) is 6.54 Å². The first-order chi connectivity index (χ1) is 12.8. The Hall–Kier alpha value is -2.49. The third kappa shape index (κ3) is 6.02. The Morgan fingerprint density at radius 1 is 1.19 bits per heavy atom. The zero-order valence-corrected chi connectivity index (χ0v) is 17.3. The van der Waals surface area contributed by atoms with E-state index >= 15 is 0 Å². The molecule has 27 heavy (non-hydrogen) atoms.